The van der Waals surface area contributed by atoms with E-state index in [-0.39, 0.29) is 49.0 Å². The van der Waals surface area contributed by atoms with Gasteiger partial charge in [-0.1, -0.05) is 20.8 Å². The lowest BCUT2D eigenvalue weighted by Gasteiger charge is -2.25. The van der Waals surface area contributed by atoms with E-state index in [4.69, 9.17) is 45.0 Å². The van der Waals surface area contributed by atoms with Crippen molar-refractivity contribution in [1.82, 2.24) is 39.1 Å². The minimum absolute atomic E-state index is 0.0114. The van der Waals surface area contributed by atoms with E-state index in [0.29, 0.717) is 0 Å². The van der Waals surface area contributed by atoms with Crippen LogP contribution >= 0.6 is 6.72 Å². The highest BCUT2D eigenvalue weighted by Gasteiger charge is 2.45. The van der Waals surface area contributed by atoms with Crippen molar-refractivity contribution in [2.24, 2.45) is 0 Å². The molecule has 0 aromatic carbocycles. The van der Waals surface area contributed by atoms with Gasteiger partial charge in [0.2, 0.25) is 18.1 Å². The first-order valence-electron chi connectivity index (χ1n) is 14.9. The summed E-state index contributed by atoms with van der Waals surface area (Å²) in [6, 6.07) is 1.52. The summed E-state index contributed by atoms with van der Waals surface area (Å²) in [4.78, 5) is 43.7. The van der Waals surface area contributed by atoms with E-state index in [1.54, 1.807) is 0 Å². The lowest BCUT2D eigenvalue weighted by molar-refractivity contribution is -0.0787. The fourth-order valence-corrected chi connectivity index (χ4v) is 7.67. The van der Waals surface area contributed by atoms with Gasteiger partial charge >= 0.3 is 17.0 Å². The number of hydrogen-bond donors (Lipinski definition) is 4. The van der Waals surface area contributed by atoms with Crippen molar-refractivity contribution in [3.8, 4) is 5.88 Å². The summed E-state index contributed by atoms with van der Waals surface area (Å²) in [5.74, 6) is 0.0553. The van der Waals surface area contributed by atoms with Gasteiger partial charge < -0.3 is 38.8 Å². The molecule has 19 nitrogen and oxygen atoms in total. The van der Waals surface area contributed by atoms with Gasteiger partial charge in [-0.05, 0) is 31.4 Å². The van der Waals surface area contributed by atoms with E-state index in [2.05, 4.69) is 55.3 Å². The quantitative estimate of drug-likeness (QED) is 0.248. The summed E-state index contributed by atoms with van der Waals surface area (Å²) in [6.07, 6.45) is -1.57. The predicted octanol–water partition coefficient (Wildman–Crippen LogP) is 0.173. The summed E-state index contributed by atoms with van der Waals surface area (Å²) < 4.78 is 63.9. The zero-order chi connectivity index (χ0) is 33.8. The highest BCUT2D eigenvalue weighted by Crippen LogP contribution is 2.49. The van der Waals surface area contributed by atoms with Crippen LogP contribution in [0.2, 0.25) is 0 Å². The van der Waals surface area contributed by atoms with E-state index in [1.807, 2.05) is 0 Å². The molecule has 0 spiro atoms. The topological polar surface area (TPSA) is 240 Å². The molecule has 22 heteroatoms. The van der Waals surface area contributed by atoms with Crippen molar-refractivity contribution in [1.29, 1.82) is 0 Å². The van der Waals surface area contributed by atoms with Gasteiger partial charge in [-0.25, -0.2) is 19.1 Å². The lowest BCUT2D eigenvalue weighted by Crippen LogP contribution is -2.40. The van der Waals surface area contributed by atoms with Crippen LogP contribution in [-0.2, 0) is 44.8 Å². The first-order chi connectivity index (χ1) is 22.4. The van der Waals surface area contributed by atoms with E-state index in [9.17, 15) is 18.1 Å². The second kappa shape index (κ2) is 15.2. The molecule has 0 amide bonds. The fourth-order valence-electron chi connectivity index (χ4n) is 5.24. The molecular weight excluding hydrogens is 681 g/mol. The molecule has 6 rings (SSSR count). The number of imidazole rings is 1. The maximum absolute atomic E-state index is 13.0. The average Bonchev–Trinajstić information content (AvgIpc) is 3.73. The Bertz CT molecular complexity index is 1710. The number of hydrogen-bond acceptors (Lipinski definition) is 16. The monoisotopic (exact) mass is 719 g/mol. The van der Waals surface area contributed by atoms with Crippen LogP contribution in [0.25, 0.3) is 11.2 Å². The van der Waals surface area contributed by atoms with Crippen LogP contribution in [-0.4, -0.2) is 111 Å². The van der Waals surface area contributed by atoms with Crippen LogP contribution in [0.15, 0.2) is 29.7 Å². The number of nitrogens with one attached hydrogen (secondary N) is 2. The Balaban J connectivity index is 0.000000559. The highest BCUT2D eigenvalue weighted by atomic mass is 32.5. The van der Waals surface area contributed by atoms with Crippen molar-refractivity contribution in [2.45, 2.75) is 70.5 Å². The van der Waals surface area contributed by atoms with Crippen molar-refractivity contribution in [3.05, 3.63) is 35.3 Å². The normalized spacial score (nSPS) is 30.8. The number of nitrogens with two attached hydrogens (primary N) is 1. The van der Waals surface area contributed by atoms with Crippen LogP contribution in [0.1, 0.15) is 39.8 Å². The number of ether oxygens (including phenoxy) is 3. The molecule has 3 fully saturated rings. The van der Waals surface area contributed by atoms with Gasteiger partial charge in [-0.15, -0.1) is 0 Å². The third-order valence-corrected chi connectivity index (χ3v) is 10.2. The van der Waals surface area contributed by atoms with Crippen LogP contribution in [0.4, 0.5) is 5.95 Å². The predicted molar refractivity (Wildman–Crippen MR) is 170 cm³/mol. The zero-order valence-electron chi connectivity index (χ0n) is 25.9. The molecule has 3 aliphatic rings. The molecule has 1 unspecified atom stereocenters. The second-order valence-corrected chi connectivity index (χ2v) is 14.8. The third kappa shape index (κ3) is 9.06. The molecule has 3 saturated heterocycles. The molecule has 3 aliphatic heterocycles. The van der Waals surface area contributed by atoms with E-state index in [0.717, 1.165) is 0 Å². The molecule has 6 heterocycles. The standard InChI is InChI=1S/C19H23N8O10PS2.C6H15N/c20-19-25-16-15(17(28)26-19)23-8-27(16)18-11-3-9(33-18)6-32-38(29,39)36-10-4-14(35-13-1-2-21-7-22-13)34-12(10)5-24-40(30,31)37-11;1-4-7(5-2)6-3/h1-2,7-12,14,18,24H,3-6H2,(H,29,39)(H3,20,25,26,28);4-6H2,1-3H3/t9-,10-,11+,12+,14-,18+,38?;/m0./s1. The molecule has 47 heavy (non-hydrogen) atoms. The van der Waals surface area contributed by atoms with Crippen molar-refractivity contribution in [3.63, 3.8) is 0 Å². The largest absolute Gasteiger partial charge is 0.448 e. The Morgan fingerprint density at radius 3 is 2.62 bits per heavy atom. The molecule has 0 radical (unpaired) electrons. The SMILES string of the molecule is CCN(CC)CC.Nc1nc2c(ncn2[C@@H]2O[C@@H]3COP(O)(=S)O[C@H]4C[C@H](Oc5ccncn5)O[C@@H]4CNS(=O)(=O)O[C@@H]2C3)c(=O)[nH]1. The highest BCUT2D eigenvalue weighted by molar-refractivity contribution is 8.07. The van der Waals surface area contributed by atoms with E-state index >= 15 is 0 Å². The molecule has 0 aliphatic carbocycles. The summed E-state index contributed by atoms with van der Waals surface area (Å²) in [5.41, 5.74) is 5.12. The number of H-pyrrole nitrogens is 1. The maximum Gasteiger partial charge on any atom is 0.336 e. The van der Waals surface area contributed by atoms with Gasteiger partial charge in [0.05, 0.1) is 19.0 Å². The van der Waals surface area contributed by atoms with Crippen LogP contribution in [0.5, 0.6) is 5.88 Å². The molecule has 7 atom stereocenters. The van der Waals surface area contributed by atoms with Gasteiger partial charge in [-0.3, -0.25) is 14.3 Å². The summed E-state index contributed by atoms with van der Waals surface area (Å²) in [7, 11) is -4.39. The zero-order valence-corrected chi connectivity index (χ0v) is 28.4. The number of fused-ring (bicyclic) bond motifs is 4. The number of aromatic amines is 1. The molecular formula is C25H38N9O10PS2. The van der Waals surface area contributed by atoms with Crippen LogP contribution in [0.3, 0.4) is 0 Å². The summed E-state index contributed by atoms with van der Waals surface area (Å²) >= 11 is 5.21. The molecule has 5 N–H and O–H groups in total. The van der Waals surface area contributed by atoms with Gasteiger partial charge in [0.1, 0.15) is 24.6 Å². The maximum atomic E-state index is 13.0. The van der Waals surface area contributed by atoms with Gasteiger partial charge in [-0.2, -0.15) is 18.1 Å². The Morgan fingerprint density at radius 2 is 1.94 bits per heavy atom. The van der Waals surface area contributed by atoms with Crippen LogP contribution < -0.4 is 20.8 Å². The average molecular weight is 720 g/mol. The molecule has 3 aromatic heterocycles. The molecule has 0 saturated carbocycles. The lowest BCUT2D eigenvalue weighted by atomic mass is 10.2. The molecule has 260 valence electrons. The number of nitrogens with zero attached hydrogens (tertiary/aromatic N) is 6. The number of anilines is 1. The Kier molecular flexibility index (Phi) is 11.6. The van der Waals surface area contributed by atoms with E-state index in [1.165, 1.54) is 49.1 Å². The first-order valence-corrected chi connectivity index (χ1v) is 18.9. The van der Waals surface area contributed by atoms with Gasteiger partial charge in [0, 0.05) is 31.6 Å². The van der Waals surface area contributed by atoms with Crippen LogP contribution in [0, 0.1) is 0 Å². The summed E-state index contributed by atoms with van der Waals surface area (Å²) in [6.45, 7) is 5.72. The molecule has 3 aromatic rings. The van der Waals surface area contributed by atoms with E-state index < -0.39 is 59.5 Å². The van der Waals surface area contributed by atoms with Crippen molar-refractivity contribution in [2.75, 3.05) is 38.5 Å². The minimum Gasteiger partial charge on any atom is -0.448 e. The number of aromatic nitrogens is 6. The Morgan fingerprint density at radius 1 is 1.17 bits per heavy atom. The van der Waals surface area contributed by atoms with Gasteiger partial charge in [0.15, 0.2) is 17.4 Å². The number of rotatable bonds is 6. The number of nitrogen functional groups attached to an aromatic ring is 1. The van der Waals surface area contributed by atoms with Gasteiger partial charge in [0.25, 0.3) is 5.56 Å². The summed E-state index contributed by atoms with van der Waals surface area (Å²) in [5, 5.41) is 0. The fraction of sp³-hybridized carbons (Fsp3) is 0.640. The second-order valence-electron chi connectivity index (χ2n) is 10.6. The first kappa shape index (κ1) is 35.6. The Labute approximate surface area is 275 Å². The third-order valence-electron chi connectivity index (χ3n) is 7.59. The minimum atomic E-state index is -4.39. The van der Waals surface area contributed by atoms with Crippen molar-refractivity contribution >= 4 is 45.9 Å². The smallest absolute Gasteiger partial charge is 0.336 e. The van der Waals surface area contributed by atoms with Crippen molar-refractivity contribution < 1.29 is 40.8 Å². The molecule has 2 bridgehead atoms. The Hall–Kier alpha value is -2.69.